The van der Waals surface area contributed by atoms with Crippen LogP contribution in [0.25, 0.3) is 11.3 Å². The van der Waals surface area contributed by atoms with Crippen molar-refractivity contribution in [2.75, 3.05) is 0 Å². The van der Waals surface area contributed by atoms with Gasteiger partial charge in [-0.25, -0.2) is 0 Å². The summed E-state index contributed by atoms with van der Waals surface area (Å²) in [5, 5.41) is 1.10. The molecule has 2 aromatic rings. The van der Waals surface area contributed by atoms with Crippen molar-refractivity contribution in [2.45, 2.75) is 0 Å². The Kier molecular flexibility index (Phi) is 3.67. The number of benzene rings is 1. The van der Waals surface area contributed by atoms with E-state index >= 15 is 0 Å². The Morgan fingerprint density at radius 2 is 1.94 bits per heavy atom. The third kappa shape index (κ3) is 2.44. The van der Waals surface area contributed by atoms with Gasteiger partial charge >= 0.3 is 0 Å². The van der Waals surface area contributed by atoms with Gasteiger partial charge in [-0.2, -0.15) is 0 Å². The highest BCUT2D eigenvalue weighted by molar-refractivity contribution is 6.45. The van der Waals surface area contributed by atoms with Gasteiger partial charge in [-0.15, -0.1) is 0 Å². The second kappa shape index (κ2) is 5.05. The minimum Gasteiger partial charge on any atom is -0.298 e. The lowest BCUT2D eigenvalue weighted by molar-refractivity contribution is 0.112. The molecular formula is C12H6Cl3NO. The van der Waals surface area contributed by atoms with Gasteiger partial charge < -0.3 is 0 Å². The van der Waals surface area contributed by atoms with Gasteiger partial charge in [-0.1, -0.05) is 34.8 Å². The molecule has 17 heavy (non-hydrogen) atoms. The molecule has 0 N–H and O–H groups in total. The molecule has 0 spiro atoms. The molecule has 0 aliphatic rings. The van der Waals surface area contributed by atoms with Crippen LogP contribution >= 0.6 is 34.8 Å². The summed E-state index contributed by atoms with van der Waals surface area (Å²) in [4.78, 5) is 15.1. The van der Waals surface area contributed by atoms with Crippen molar-refractivity contribution in [3.05, 3.63) is 51.1 Å². The number of hydrogen-bond donors (Lipinski definition) is 0. The smallest absolute Gasteiger partial charge is 0.152 e. The lowest BCUT2D eigenvalue weighted by atomic mass is 10.1. The van der Waals surface area contributed by atoms with Crippen LogP contribution in [-0.4, -0.2) is 11.3 Å². The molecule has 1 aromatic carbocycles. The van der Waals surface area contributed by atoms with Crippen molar-refractivity contribution >= 4 is 41.1 Å². The lowest BCUT2D eigenvalue weighted by Gasteiger charge is -2.08. The topological polar surface area (TPSA) is 30.0 Å². The normalized spacial score (nSPS) is 10.3. The summed E-state index contributed by atoms with van der Waals surface area (Å²) in [6.45, 7) is 0. The molecule has 0 saturated carbocycles. The first-order valence-electron chi connectivity index (χ1n) is 4.68. The van der Waals surface area contributed by atoms with E-state index in [0.717, 1.165) is 0 Å². The van der Waals surface area contributed by atoms with Gasteiger partial charge in [-0.3, -0.25) is 9.78 Å². The fraction of sp³-hybridized carbons (Fsp3) is 0. The Morgan fingerprint density at radius 1 is 1.18 bits per heavy atom. The summed E-state index contributed by atoms with van der Waals surface area (Å²) < 4.78 is 0. The predicted molar refractivity (Wildman–Crippen MR) is 70.1 cm³/mol. The molecule has 0 fully saturated rings. The van der Waals surface area contributed by atoms with E-state index in [9.17, 15) is 4.79 Å². The van der Waals surface area contributed by atoms with Crippen LogP contribution in [0.1, 0.15) is 10.4 Å². The summed E-state index contributed by atoms with van der Waals surface area (Å²) in [6.07, 6.45) is 2.29. The SMILES string of the molecule is O=Cc1cccnc1-c1cc(Cl)cc(Cl)c1Cl. The largest absolute Gasteiger partial charge is 0.298 e. The molecular weight excluding hydrogens is 280 g/mol. The van der Waals surface area contributed by atoms with Crippen molar-refractivity contribution in [2.24, 2.45) is 0 Å². The maximum Gasteiger partial charge on any atom is 0.152 e. The molecule has 86 valence electrons. The lowest BCUT2D eigenvalue weighted by Crippen LogP contribution is -1.92. The average molecular weight is 287 g/mol. The standard InChI is InChI=1S/C12H6Cl3NO/c13-8-4-9(11(15)10(14)5-8)12-7(6-17)2-1-3-16-12/h1-6H. The Morgan fingerprint density at radius 3 is 2.65 bits per heavy atom. The van der Waals surface area contributed by atoms with E-state index < -0.39 is 0 Å². The number of carbonyl (C=O) groups excluding carboxylic acids is 1. The first-order valence-corrected chi connectivity index (χ1v) is 5.82. The van der Waals surface area contributed by atoms with Gasteiger partial charge in [-0.05, 0) is 24.3 Å². The first-order chi connectivity index (χ1) is 8.13. The number of rotatable bonds is 2. The molecule has 5 heteroatoms. The van der Waals surface area contributed by atoms with Gasteiger partial charge in [0.1, 0.15) is 0 Å². The van der Waals surface area contributed by atoms with Gasteiger partial charge in [0.2, 0.25) is 0 Å². The molecule has 1 aromatic heterocycles. The molecule has 0 unspecified atom stereocenters. The maximum absolute atomic E-state index is 10.9. The van der Waals surface area contributed by atoms with Crippen molar-refractivity contribution in [1.82, 2.24) is 4.98 Å². The monoisotopic (exact) mass is 285 g/mol. The number of pyridine rings is 1. The van der Waals surface area contributed by atoms with E-state index in [4.69, 9.17) is 34.8 Å². The summed E-state index contributed by atoms with van der Waals surface area (Å²) in [5.74, 6) is 0. The third-order valence-corrected chi connectivity index (χ3v) is 3.23. The van der Waals surface area contributed by atoms with Crippen LogP contribution in [0.5, 0.6) is 0 Å². The summed E-state index contributed by atoms with van der Waals surface area (Å²) >= 11 is 17.9. The molecule has 1 heterocycles. The maximum atomic E-state index is 10.9. The van der Waals surface area contributed by atoms with Crippen molar-refractivity contribution in [1.29, 1.82) is 0 Å². The highest BCUT2D eigenvalue weighted by Gasteiger charge is 2.13. The summed E-state index contributed by atoms with van der Waals surface area (Å²) in [5.41, 5.74) is 1.46. The zero-order chi connectivity index (χ0) is 12.4. The number of hydrogen-bond acceptors (Lipinski definition) is 2. The van der Waals surface area contributed by atoms with Crippen molar-refractivity contribution in [3.63, 3.8) is 0 Å². The van der Waals surface area contributed by atoms with Crippen LogP contribution < -0.4 is 0 Å². The number of nitrogens with zero attached hydrogens (tertiary/aromatic N) is 1. The number of halogens is 3. The van der Waals surface area contributed by atoms with E-state index in [1.165, 1.54) is 0 Å². The molecule has 0 radical (unpaired) electrons. The van der Waals surface area contributed by atoms with E-state index in [1.54, 1.807) is 30.5 Å². The van der Waals surface area contributed by atoms with Gasteiger partial charge in [0, 0.05) is 22.3 Å². The first kappa shape index (κ1) is 12.4. The van der Waals surface area contributed by atoms with Gasteiger partial charge in [0.25, 0.3) is 0 Å². The Labute approximate surface area is 113 Å². The highest BCUT2D eigenvalue weighted by Crippen LogP contribution is 2.36. The Balaban J connectivity index is 2.72. The molecule has 2 rings (SSSR count). The van der Waals surface area contributed by atoms with Gasteiger partial charge in [0.05, 0.1) is 15.7 Å². The van der Waals surface area contributed by atoms with Crippen LogP contribution in [0.15, 0.2) is 30.5 Å². The van der Waals surface area contributed by atoms with Gasteiger partial charge in [0.15, 0.2) is 6.29 Å². The summed E-state index contributed by atoms with van der Waals surface area (Å²) in [6, 6.07) is 6.50. The third-order valence-electron chi connectivity index (χ3n) is 2.21. The van der Waals surface area contributed by atoms with Crippen LogP contribution in [0.4, 0.5) is 0 Å². The second-order valence-electron chi connectivity index (χ2n) is 3.31. The number of carbonyl (C=O) groups is 1. The van der Waals surface area contributed by atoms with Crippen LogP contribution in [0, 0.1) is 0 Å². The predicted octanol–water partition coefficient (Wildman–Crippen LogP) is 4.52. The van der Waals surface area contributed by atoms with Crippen LogP contribution in [-0.2, 0) is 0 Å². The Bertz CT molecular complexity index is 584. The molecule has 0 aliphatic heterocycles. The second-order valence-corrected chi connectivity index (χ2v) is 4.53. The average Bonchev–Trinajstić information content (AvgIpc) is 2.33. The molecule has 0 bridgehead atoms. The Hall–Kier alpha value is -1.09. The molecule has 0 amide bonds. The number of aromatic nitrogens is 1. The molecule has 0 atom stereocenters. The quantitative estimate of drug-likeness (QED) is 0.600. The number of aldehydes is 1. The summed E-state index contributed by atoms with van der Waals surface area (Å²) in [7, 11) is 0. The fourth-order valence-electron chi connectivity index (χ4n) is 1.47. The van der Waals surface area contributed by atoms with Crippen LogP contribution in [0.2, 0.25) is 15.1 Å². The van der Waals surface area contributed by atoms with E-state index in [-0.39, 0.29) is 0 Å². The van der Waals surface area contributed by atoms with E-state index in [2.05, 4.69) is 4.98 Å². The minimum absolute atomic E-state index is 0.330. The van der Waals surface area contributed by atoms with E-state index in [1.807, 2.05) is 0 Å². The fourth-order valence-corrected chi connectivity index (χ4v) is 2.16. The van der Waals surface area contributed by atoms with E-state index in [0.29, 0.717) is 38.2 Å². The molecule has 0 aliphatic carbocycles. The minimum atomic E-state index is 0.330. The van der Waals surface area contributed by atoms with Crippen LogP contribution in [0.3, 0.4) is 0 Å². The van der Waals surface area contributed by atoms with Crippen molar-refractivity contribution < 1.29 is 4.79 Å². The molecule has 2 nitrogen and oxygen atoms in total. The zero-order valence-electron chi connectivity index (χ0n) is 8.45. The molecule has 0 saturated heterocycles. The highest BCUT2D eigenvalue weighted by atomic mass is 35.5. The zero-order valence-corrected chi connectivity index (χ0v) is 10.7. The van der Waals surface area contributed by atoms with Crippen molar-refractivity contribution in [3.8, 4) is 11.3 Å².